The van der Waals surface area contributed by atoms with Gasteiger partial charge in [0.1, 0.15) is 0 Å². The second kappa shape index (κ2) is 7.12. The minimum absolute atomic E-state index is 0.581. The zero-order chi connectivity index (χ0) is 11.1. The molecule has 0 aromatic rings. The molecule has 0 bridgehead atoms. The molecule has 0 N–H and O–H groups in total. The van der Waals surface area contributed by atoms with E-state index in [9.17, 15) is 0 Å². The van der Waals surface area contributed by atoms with Crippen LogP contribution < -0.4 is 0 Å². The van der Waals surface area contributed by atoms with Crippen LogP contribution in [0.5, 0.6) is 0 Å². The molecule has 0 spiro atoms. The van der Waals surface area contributed by atoms with Crippen molar-refractivity contribution in [1.29, 1.82) is 0 Å². The number of amidine groups is 1. The fraction of sp³-hybridized carbons (Fsp3) is 0.800. The van der Waals surface area contributed by atoms with Crippen molar-refractivity contribution in [2.75, 3.05) is 26.2 Å². The summed E-state index contributed by atoms with van der Waals surface area (Å²) in [6, 6.07) is 0. The SMILES string of the molecule is CCN(CC)C(C(=S)[S-])=[N+](CC)CC. The van der Waals surface area contributed by atoms with E-state index < -0.39 is 0 Å². The molecule has 0 aliphatic rings. The van der Waals surface area contributed by atoms with E-state index in [1.807, 2.05) is 0 Å². The minimum atomic E-state index is 0.581. The largest absolute Gasteiger partial charge is 0.421 e. The fourth-order valence-corrected chi connectivity index (χ4v) is 2.02. The molecule has 0 atom stereocenters. The molecule has 0 rings (SSSR count). The Morgan fingerprint density at radius 1 is 1.14 bits per heavy atom. The number of hydrogen-bond acceptors (Lipinski definition) is 2. The number of thiocarbonyl (C=S) groups is 1. The molecule has 14 heavy (non-hydrogen) atoms. The summed E-state index contributed by atoms with van der Waals surface area (Å²) >= 11 is 10.3. The average Bonchev–Trinajstić information content (AvgIpc) is 2.18. The molecular formula is C10H20N2S2. The van der Waals surface area contributed by atoms with E-state index in [4.69, 9.17) is 24.8 Å². The van der Waals surface area contributed by atoms with Gasteiger partial charge in [-0.1, -0.05) is 0 Å². The van der Waals surface area contributed by atoms with Crippen LogP contribution >= 0.6 is 12.2 Å². The maximum Gasteiger partial charge on any atom is 0.259 e. The van der Waals surface area contributed by atoms with Gasteiger partial charge in [-0.2, -0.15) is 0 Å². The van der Waals surface area contributed by atoms with Gasteiger partial charge in [-0.3, -0.25) is 9.48 Å². The smallest absolute Gasteiger partial charge is 0.259 e. The van der Waals surface area contributed by atoms with Gasteiger partial charge in [-0.15, -0.1) is 0 Å². The summed E-state index contributed by atoms with van der Waals surface area (Å²) < 4.78 is 2.81. The van der Waals surface area contributed by atoms with Crippen LogP contribution in [0.4, 0.5) is 0 Å². The van der Waals surface area contributed by atoms with Crippen molar-refractivity contribution in [3.63, 3.8) is 0 Å². The molecule has 0 fully saturated rings. The third kappa shape index (κ3) is 3.50. The van der Waals surface area contributed by atoms with Crippen LogP contribution in [0.3, 0.4) is 0 Å². The number of hydrogen-bond donors (Lipinski definition) is 0. The Hall–Kier alpha value is -0.220. The lowest BCUT2D eigenvalue weighted by Gasteiger charge is -2.21. The van der Waals surface area contributed by atoms with Crippen LogP contribution in [0.25, 0.3) is 0 Å². The molecule has 0 amide bonds. The van der Waals surface area contributed by atoms with Crippen LogP contribution in [0.15, 0.2) is 0 Å². The van der Waals surface area contributed by atoms with Crippen molar-refractivity contribution in [3.05, 3.63) is 0 Å². The minimum Gasteiger partial charge on any atom is -0.421 e. The molecule has 0 radical (unpaired) electrons. The first-order chi connectivity index (χ1) is 6.62. The van der Waals surface area contributed by atoms with Crippen LogP contribution in [-0.2, 0) is 12.6 Å². The Labute approximate surface area is 98.4 Å². The lowest BCUT2D eigenvalue weighted by Crippen LogP contribution is -2.42. The Kier molecular flexibility index (Phi) is 7.01. The summed E-state index contributed by atoms with van der Waals surface area (Å²) in [6.07, 6.45) is 0. The summed E-state index contributed by atoms with van der Waals surface area (Å²) in [5, 5.41) is 0. The van der Waals surface area contributed by atoms with Gasteiger partial charge in [0.15, 0.2) is 0 Å². The Balaban J connectivity index is 5.08. The summed E-state index contributed by atoms with van der Waals surface area (Å²) in [5.74, 6) is 1.05. The van der Waals surface area contributed by atoms with E-state index in [-0.39, 0.29) is 0 Å². The topological polar surface area (TPSA) is 6.25 Å². The first-order valence-electron chi connectivity index (χ1n) is 5.20. The molecule has 0 saturated heterocycles. The maximum atomic E-state index is 5.13. The van der Waals surface area contributed by atoms with Crippen molar-refractivity contribution in [2.45, 2.75) is 27.7 Å². The second-order valence-corrected chi connectivity index (χ2v) is 4.03. The zero-order valence-corrected chi connectivity index (χ0v) is 11.2. The van der Waals surface area contributed by atoms with Gasteiger partial charge in [0.2, 0.25) is 0 Å². The summed E-state index contributed by atoms with van der Waals surface area (Å²) in [4.78, 5) is 2.22. The van der Waals surface area contributed by atoms with E-state index in [1.165, 1.54) is 0 Å². The predicted octanol–water partition coefficient (Wildman–Crippen LogP) is 1.65. The van der Waals surface area contributed by atoms with Crippen molar-refractivity contribution in [1.82, 2.24) is 4.90 Å². The zero-order valence-electron chi connectivity index (χ0n) is 9.54. The highest BCUT2D eigenvalue weighted by Gasteiger charge is 2.16. The highest BCUT2D eigenvalue weighted by Crippen LogP contribution is 1.96. The van der Waals surface area contributed by atoms with Gasteiger partial charge in [0.25, 0.3) is 5.84 Å². The average molecular weight is 232 g/mol. The van der Waals surface area contributed by atoms with Crippen LogP contribution in [0.1, 0.15) is 27.7 Å². The first kappa shape index (κ1) is 13.8. The third-order valence-corrected chi connectivity index (χ3v) is 2.67. The van der Waals surface area contributed by atoms with Gasteiger partial charge in [-0.25, -0.2) is 0 Å². The van der Waals surface area contributed by atoms with Gasteiger partial charge < -0.3 is 24.8 Å². The molecule has 0 heterocycles. The Morgan fingerprint density at radius 3 is 1.79 bits per heavy atom. The Bertz CT molecular complexity index is 214. The molecule has 0 aliphatic carbocycles. The van der Waals surface area contributed by atoms with Crippen LogP contribution in [-0.4, -0.2) is 45.7 Å². The van der Waals surface area contributed by atoms with Crippen molar-refractivity contribution in [3.8, 4) is 0 Å². The monoisotopic (exact) mass is 232 g/mol. The van der Waals surface area contributed by atoms with Gasteiger partial charge >= 0.3 is 0 Å². The standard InChI is InChI=1S/C10H20N2S2/c1-5-11(6-2)9(10(13)14)12(7-3)8-4/h5-8H2,1-4H3. The quantitative estimate of drug-likeness (QED) is 0.234. The molecule has 0 aromatic carbocycles. The van der Waals surface area contributed by atoms with E-state index in [0.717, 1.165) is 32.0 Å². The van der Waals surface area contributed by atoms with Crippen molar-refractivity contribution >= 4 is 34.9 Å². The molecule has 0 saturated carbocycles. The number of rotatable bonds is 5. The molecule has 4 heteroatoms. The highest BCUT2D eigenvalue weighted by molar-refractivity contribution is 8.03. The highest BCUT2D eigenvalue weighted by atomic mass is 32.1. The molecule has 0 aliphatic heterocycles. The maximum absolute atomic E-state index is 5.13. The molecule has 82 valence electrons. The molecule has 0 unspecified atom stereocenters. The van der Waals surface area contributed by atoms with Crippen LogP contribution in [0.2, 0.25) is 0 Å². The normalized spacial score (nSPS) is 9.71. The summed E-state index contributed by atoms with van der Waals surface area (Å²) in [7, 11) is 0. The summed E-state index contributed by atoms with van der Waals surface area (Å²) in [6.45, 7) is 12.3. The second-order valence-electron chi connectivity index (χ2n) is 2.96. The van der Waals surface area contributed by atoms with Gasteiger partial charge in [-0.05, 0) is 31.9 Å². The lowest BCUT2D eigenvalue weighted by molar-refractivity contribution is -0.523. The molecule has 2 nitrogen and oxygen atoms in total. The fourth-order valence-electron chi connectivity index (χ4n) is 1.50. The first-order valence-corrected chi connectivity index (χ1v) is 6.02. The van der Waals surface area contributed by atoms with Crippen molar-refractivity contribution < 1.29 is 4.58 Å². The molecule has 0 aromatic heterocycles. The van der Waals surface area contributed by atoms with E-state index in [1.54, 1.807) is 0 Å². The predicted molar refractivity (Wildman–Crippen MR) is 69.2 cm³/mol. The summed E-state index contributed by atoms with van der Waals surface area (Å²) in [5.41, 5.74) is 0. The van der Waals surface area contributed by atoms with Crippen LogP contribution in [0, 0.1) is 0 Å². The van der Waals surface area contributed by atoms with Crippen molar-refractivity contribution in [2.24, 2.45) is 0 Å². The van der Waals surface area contributed by atoms with E-state index in [0.29, 0.717) is 4.20 Å². The third-order valence-electron chi connectivity index (χ3n) is 2.31. The number of nitrogens with zero attached hydrogens (tertiary/aromatic N) is 2. The van der Waals surface area contributed by atoms with E-state index >= 15 is 0 Å². The Morgan fingerprint density at radius 2 is 1.57 bits per heavy atom. The molecular weight excluding hydrogens is 212 g/mol. The van der Waals surface area contributed by atoms with Gasteiger partial charge in [0, 0.05) is 0 Å². The van der Waals surface area contributed by atoms with Gasteiger partial charge in [0.05, 0.1) is 26.2 Å². The van der Waals surface area contributed by atoms with E-state index in [2.05, 4.69) is 37.2 Å². The lowest BCUT2D eigenvalue weighted by atomic mass is 10.4.